The second-order valence-corrected chi connectivity index (χ2v) is 19.2. The van der Waals surface area contributed by atoms with Crippen LogP contribution in [-0.4, -0.2) is 58.3 Å². The van der Waals surface area contributed by atoms with E-state index in [1.54, 1.807) is 36.4 Å². The number of nitro groups is 2. The van der Waals surface area contributed by atoms with Gasteiger partial charge in [0.1, 0.15) is 34.4 Å². The van der Waals surface area contributed by atoms with E-state index in [9.17, 15) is 40.0 Å². The molecule has 0 saturated carbocycles. The number of imidazole rings is 4. The fourth-order valence-corrected chi connectivity index (χ4v) is 10.5. The number of fused-ring (bicyclic) bond motifs is 8. The van der Waals surface area contributed by atoms with Crippen molar-refractivity contribution >= 4 is 111 Å². The Morgan fingerprint density at radius 1 is 0.500 bits per heavy atom. The number of aromatic nitrogens is 8. The van der Waals surface area contributed by atoms with Crippen molar-refractivity contribution < 1.29 is 20.1 Å². The van der Waals surface area contributed by atoms with Crippen LogP contribution in [0.15, 0.2) is 186 Å². The van der Waals surface area contributed by atoms with Crippen LogP contribution in [0.3, 0.4) is 0 Å². The molecular weight excluding hydrogens is 1040 g/mol. The fraction of sp³-hybridized carbons (Fsp3) is 0. The number of benzene rings is 9. The number of nitrogens with one attached hydrogen (secondary N) is 1. The van der Waals surface area contributed by atoms with E-state index in [0.717, 1.165) is 51.2 Å². The summed E-state index contributed by atoms with van der Waals surface area (Å²) in [5.41, 5.74) is 31.4. The number of nitrogen functional groups attached to an aromatic ring is 4. The largest absolute Gasteiger partial charge is 0.505 e. The molecule has 0 bridgehead atoms. The maximum absolute atomic E-state index is 13.1. The summed E-state index contributed by atoms with van der Waals surface area (Å²) in [6, 6.07) is 47.2. The van der Waals surface area contributed by atoms with Gasteiger partial charge in [-0.15, -0.1) is 0 Å². The second-order valence-electron chi connectivity index (χ2n) is 19.2. The Kier molecular flexibility index (Phi) is 11.3. The number of non-ortho nitro benzene ring substituents is 2. The van der Waals surface area contributed by atoms with Crippen LogP contribution >= 0.6 is 0 Å². The van der Waals surface area contributed by atoms with Gasteiger partial charge in [-0.25, -0.2) is 19.9 Å². The smallest absolute Gasteiger partial charge is 0.271 e. The van der Waals surface area contributed by atoms with Crippen molar-refractivity contribution in [1.82, 2.24) is 38.3 Å². The highest BCUT2D eigenvalue weighted by atomic mass is 16.6. The number of anilines is 4. The molecule has 6 aromatic heterocycles. The first-order valence-corrected chi connectivity index (χ1v) is 25.1. The number of nitrogens with zero attached hydrogens (tertiary/aromatic N) is 9. The fourth-order valence-electron chi connectivity index (χ4n) is 10.5. The first-order valence-electron chi connectivity index (χ1n) is 25.1. The molecule has 0 spiro atoms. The lowest BCUT2D eigenvalue weighted by Crippen LogP contribution is -2.13. The van der Waals surface area contributed by atoms with Crippen molar-refractivity contribution in [2.75, 3.05) is 22.9 Å². The minimum Gasteiger partial charge on any atom is -0.505 e. The minimum absolute atomic E-state index is 0.0846. The van der Waals surface area contributed by atoms with Crippen LogP contribution in [0.5, 0.6) is 11.5 Å². The zero-order valence-electron chi connectivity index (χ0n) is 42.4. The SMILES string of the molecule is Nc1cc2c(=O)n3c4ccc([N+](=O)[O-])cc4nc3c3cccc(c1O)c23.Nc1cc2c(=O)n3c4ccc([N+](=O)[O-])cc4nc3c3cccc(c1O)c23.Nc1ccc(-c2ncc(-c3cnc(-c4ccc(N)cc4)n3-c3ccccc3)[nH]2)cc1. The molecule has 0 unspecified atom stereocenters. The highest BCUT2D eigenvalue weighted by molar-refractivity contribution is 6.20. The van der Waals surface area contributed by atoms with Crippen molar-refractivity contribution in [2.24, 2.45) is 0 Å². The molecule has 0 radical (unpaired) electrons. The normalized spacial score (nSPS) is 11.5. The van der Waals surface area contributed by atoms with Crippen LogP contribution in [0.4, 0.5) is 34.1 Å². The van der Waals surface area contributed by atoms with Crippen LogP contribution in [0.2, 0.25) is 0 Å². The molecule has 0 atom stereocenters. The van der Waals surface area contributed by atoms with E-state index in [-0.39, 0.29) is 45.4 Å². The van der Waals surface area contributed by atoms with Gasteiger partial charge in [-0.05, 0) is 84.9 Å². The third kappa shape index (κ3) is 7.89. The van der Waals surface area contributed by atoms with E-state index in [4.69, 9.17) is 27.9 Å². The topological polar surface area (TPSA) is 346 Å². The molecular formula is C60H40N14O8. The second kappa shape index (κ2) is 18.8. The van der Waals surface area contributed by atoms with Gasteiger partial charge < -0.3 is 38.1 Å². The molecule has 398 valence electrons. The summed E-state index contributed by atoms with van der Waals surface area (Å²) >= 11 is 0. The van der Waals surface area contributed by atoms with Gasteiger partial charge in [0, 0.05) is 84.8 Å². The summed E-state index contributed by atoms with van der Waals surface area (Å²) in [4.78, 5) is 68.8. The van der Waals surface area contributed by atoms with Gasteiger partial charge >= 0.3 is 0 Å². The number of hydrogen-bond donors (Lipinski definition) is 7. The van der Waals surface area contributed by atoms with E-state index in [2.05, 4.69) is 36.6 Å². The van der Waals surface area contributed by atoms with Crippen molar-refractivity contribution in [3.63, 3.8) is 0 Å². The third-order valence-corrected chi connectivity index (χ3v) is 14.4. The number of phenols is 2. The van der Waals surface area contributed by atoms with E-state index in [1.807, 2.05) is 79.1 Å². The number of pyridine rings is 2. The molecule has 0 saturated heterocycles. The Labute approximate surface area is 458 Å². The summed E-state index contributed by atoms with van der Waals surface area (Å²) in [5, 5.41) is 46.7. The zero-order valence-corrected chi connectivity index (χ0v) is 42.4. The van der Waals surface area contributed by atoms with Gasteiger partial charge in [0.05, 0.1) is 77.8 Å². The number of aromatic hydroxyl groups is 2. The summed E-state index contributed by atoms with van der Waals surface area (Å²) in [5.74, 6) is 1.44. The van der Waals surface area contributed by atoms with Gasteiger partial charge in [0.15, 0.2) is 0 Å². The molecule has 0 aliphatic heterocycles. The molecule has 15 aromatic rings. The van der Waals surface area contributed by atoms with E-state index in [0.29, 0.717) is 76.5 Å². The Balaban J connectivity index is 0.000000116. The van der Waals surface area contributed by atoms with Gasteiger partial charge in [-0.2, -0.15) is 0 Å². The lowest BCUT2D eigenvalue weighted by Gasteiger charge is -2.12. The Hall–Kier alpha value is -12.2. The number of rotatable bonds is 6. The number of H-pyrrole nitrogens is 1. The van der Waals surface area contributed by atoms with Crippen LogP contribution in [0, 0.1) is 20.2 Å². The van der Waals surface area contributed by atoms with Gasteiger partial charge in [0.2, 0.25) is 0 Å². The molecule has 9 aromatic carbocycles. The average molecular weight is 1090 g/mol. The molecule has 15 rings (SSSR count). The highest BCUT2D eigenvalue weighted by Gasteiger charge is 2.23. The number of phenolic OH excluding ortho intramolecular Hbond substituents is 2. The van der Waals surface area contributed by atoms with Crippen molar-refractivity contribution in [2.45, 2.75) is 0 Å². The molecule has 6 heterocycles. The molecule has 82 heavy (non-hydrogen) atoms. The van der Waals surface area contributed by atoms with Crippen molar-refractivity contribution in [1.29, 1.82) is 0 Å². The molecule has 22 nitrogen and oxygen atoms in total. The molecule has 11 N–H and O–H groups in total. The summed E-state index contributed by atoms with van der Waals surface area (Å²) < 4.78 is 4.96. The quantitative estimate of drug-likeness (QED) is 0.0352. The lowest BCUT2D eigenvalue weighted by molar-refractivity contribution is -0.384. The number of hydrogen-bond acceptors (Lipinski definition) is 16. The number of nitro benzene ring substituents is 2. The number of nitrogens with two attached hydrogens (primary N) is 4. The zero-order chi connectivity index (χ0) is 56.8. The first kappa shape index (κ1) is 49.4. The van der Waals surface area contributed by atoms with Gasteiger partial charge in [-0.3, -0.25) is 43.2 Å². The lowest BCUT2D eigenvalue weighted by atomic mass is 10.0. The monoisotopic (exact) mass is 1080 g/mol. The molecule has 22 heteroatoms. The molecule has 0 aliphatic carbocycles. The van der Waals surface area contributed by atoms with Crippen molar-refractivity contribution in [3.8, 4) is 51.3 Å². The summed E-state index contributed by atoms with van der Waals surface area (Å²) in [7, 11) is 0. The van der Waals surface area contributed by atoms with E-state index < -0.39 is 9.85 Å². The van der Waals surface area contributed by atoms with E-state index >= 15 is 0 Å². The Bertz CT molecular complexity index is 5010. The van der Waals surface area contributed by atoms with Crippen LogP contribution in [0.1, 0.15) is 0 Å². The van der Waals surface area contributed by atoms with E-state index in [1.165, 1.54) is 57.3 Å². The number of aromatic amines is 1. The van der Waals surface area contributed by atoms with Crippen molar-refractivity contribution in [3.05, 3.63) is 217 Å². The summed E-state index contributed by atoms with van der Waals surface area (Å²) in [6.07, 6.45) is 3.69. The maximum atomic E-state index is 13.1. The summed E-state index contributed by atoms with van der Waals surface area (Å²) in [6.45, 7) is 0. The van der Waals surface area contributed by atoms with Crippen LogP contribution < -0.4 is 34.1 Å². The highest BCUT2D eigenvalue weighted by Crippen LogP contribution is 2.40. The van der Waals surface area contributed by atoms with Crippen LogP contribution in [0.25, 0.3) is 116 Å². The van der Waals surface area contributed by atoms with Gasteiger partial charge in [0.25, 0.3) is 22.5 Å². The average Bonchev–Trinajstić information content (AvgIpc) is 1.85. The standard InChI is InChI=1S/C24H20N6.2C18H10N4O4/c25-18-10-6-16(7-11-18)23-27-14-21(29-23)22-15-28-24(17-8-12-19(26)13-9-17)30(22)20-4-2-1-3-5-20;2*19-12-7-11-15-9(16(12)23)2-1-3-10(15)17-20-13-6-8(22(25)26)4-5-14(13)21(17)18(11)24/h1-15H,25-26H2,(H,27,29);2*1-7,23H,19H2. The Morgan fingerprint density at radius 3 is 1.46 bits per heavy atom. The Morgan fingerprint density at radius 2 is 0.976 bits per heavy atom. The molecule has 0 fully saturated rings. The first-order chi connectivity index (χ1) is 39.6. The number of para-hydroxylation sites is 1. The predicted molar refractivity (Wildman–Crippen MR) is 317 cm³/mol. The molecule has 0 aliphatic rings. The minimum atomic E-state index is -0.506. The molecule has 0 amide bonds. The van der Waals surface area contributed by atoms with Crippen LogP contribution in [-0.2, 0) is 0 Å². The van der Waals surface area contributed by atoms with Gasteiger partial charge in [-0.1, -0.05) is 54.6 Å². The maximum Gasteiger partial charge on any atom is 0.271 e. The predicted octanol–water partition coefficient (Wildman–Crippen LogP) is 10.3. The third-order valence-electron chi connectivity index (χ3n) is 14.4.